The second-order valence-corrected chi connectivity index (χ2v) is 10.5. The lowest BCUT2D eigenvalue weighted by Crippen LogP contribution is -2.44. The third kappa shape index (κ3) is 10.1. The van der Waals surface area contributed by atoms with Gasteiger partial charge in [-0.05, 0) is 86.5 Å². The Bertz CT molecular complexity index is 1520. The van der Waals surface area contributed by atoms with Gasteiger partial charge in [-0.3, -0.25) is 10.2 Å². The molecule has 0 spiro atoms. The van der Waals surface area contributed by atoms with Crippen LogP contribution in [-0.2, 0) is 24.8 Å². The third-order valence-electron chi connectivity index (χ3n) is 6.13. The zero-order valence-corrected chi connectivity index (χ0v) is 25.6. The van der Waals surface area contributed by atoms with E-state index in [-0.39, 0.29) is 24.8 Å². The number of esters is 3. The Morgan fingerprint density at radius 2 is 1.55 bits per heavy atom. The lowest BCUT2D eigenvalue weighted by atomic mass is 10.1. The van der Waals surface area contributed by atoms with Crippen molar-refractivity contribution in [1.29, 1.82) is 5.41 Å². The van der Waals surface area contributed by atoms with Gasteiger partial charge in [0.2, 0.25) is 5.91 Å². The fraction of sp³-hybridized carbons (Fsp3) is 0.242. The molecule has 11 heteroatoms. The molecule has 1 amide bonds. The van der Waals surface area contributed by atoms with Crippen LogP contribution in [0, 0.1) is 5.41 Å². The molecular formula is C33H35N3O7S. The molecule has 0 unspecified atom stereocenters. The zero-order chi connectivity index (χ0) is 32.1. The number of nitrogens with two attached hydrogens (primary N) is 1. The van der Waals surface area contributed by atoms with Crippen molar-refractivity contribution < 1.29 is 33.4 Å². The molecule has 3 aromatic carbocycles. The van der Waals surface area contributed by atoms with E-state index in [9.17, 15) is 19.2 Å². The van der Waals surface area contributed by atoms with Crippen molar-refractivity contribution in [3.05, 3.63) is 106 Å². The van der Waals surface area contributed by atoms with E-state index in [0.29, 0.717) is 39.3 Å². The summed E-state index contributed by atoms with van der Waals surface area (Å²) in [6, 6.07) is 19.0. The van der Waals surface area contributed by atoms with Gasteiger partial charge in [0.15, 0.2) is 0 Å². The van der Waals surface area contributed by atoms with E-state index in [1.807, 2.05) is 6.07 Å². The summed E-state index contributed by atoms with van der Waals surface area (Å²) in [7, 11) is 0. The van der Waals surface area contributed by atoms with Crippen LogP contribution in [0.15, 0.2) is 78.4 Å². The average molecular weight is 618 g/mol. The van der Waals surface area contributed by atoms with Crippen molar-refractivity contribution in [1.82, 2.24) is 5.32 Å². The monoisotopic (exact) mass is 617 g/mol. The normalized spacial score (nSPS) is 11.7. The average Bonchev–Trinajstić information content (AvgIpc) is 3.01. The summed E-state index contributed by atoms with van der Waals surface area (Å²) in [5.41, 5.74) is 8.63. The smallest absolute Gasteiger partial charge is 0.343 e. The number of ether oxygens (including phenoxy) is 3. The van der Waals surface area contributed by atoms with Gasteiger partial charge in [0.05, 0.1) is 24.3 Å². The number of nitrogens with one attached hydrogen (secondary N) is 2. The summed E-state index contributed by atoms with van der Waals surface area (Å²) in [5.74, 6) is -0.942. The summed E-state index contributed by atoms with van der Waals surface area (Å²) >= 11 is 1.42. The molecule has 0 radical (unpaired) electrons. The molecule has 0 aliphatic carbocycles. The second-order valence-electron chi connectivity index (χ2n) is 9.49. The highest BCUT2D eigenvalue weighted by molar-refractivity contribution is 7.98. The number of thioether (sulfide) groups is 1. The maximum absolute atomic E-state index is 13.0. The minimum absolute atomic E-state index is 0.0825. The van der Waals surface area contributed by atoms with Crippen LogP contribution in [0.2, 0.25) is 0 Å². The highest BCUT2D eigenvalue weighted by Crippen LogP contribution is 2.18. The van der Waals surface area contributed by atoms with Crippen molar-refractivity contribution in [3.8, 4) is 5.75 Å². The lowest BCUT2D eigenvalue weighted by molar-refractivity contribution is -0.146. The predicted molar refractivity (Wildman–Crippen MR) is 170 cm³/mol. The summed E-state index contributed by atoms with van der Waals surface area (Å²) in [6.45, 7) is 5.52. The van der Waals surface area contributed by atoms with Crippen molar-refractivity contribution >= 4 is 47.5 Å². The fourth-order valence-electron chi connectivity index (χ4n) is 3.88. The van der Waals surface area contributed by atoms with Crippen molar-refractivity contribution in [2.45, 2.75) is 32.6 Å². The summed E-state index contributed by atoms with van der Waals surface area (Å²) in [4.78, 5) is 50.1. The molecule has 0 aliphatic heterocycles. The van der Waals surface area contributed by atoms with E-state index in [4.69, 9.17) is 25.4 Å². The molecule has 0 bridgehead atoms. The van der Waals surface area contributed by atoms with Gasteiger partial charge in [0, 0.05) is 22.6 Å². The number of hydrogen-bond donors (Lipinski definition) is 3. The Kier molecular flexibility index (Phi) is 12.7. The minimum Gasteiger partial charge on any atom is -0.464 e. The summed E-state index contributed by atoms with van der Waals surface area (Å²) in [6.07, 6.45) is 1.64. The SMILES string of the molecule is CCOC(=O)c1cccc(CSC[C@@H](NC(=O)/C(C)=C/c2ccc(C(=O)Oc3ccc(C(=N)N)cc3)cc2)C(=O)OCC)c1. The molecule has 0 aliphatic rings. The second kappa shape index (κ2) is 16.7. The maximum Gasteiger partial charge on any atom is 0.343 e. The number of benzene rings is 3. The van der Waals surface area contributed by atoms with Gasteiger partial charge < -0.3 is 25.3 Å². The van der Waals surface area contributed by atoms with Crippen LogP contribution in [0.1, 0.15) is 58.2 Å². The number of hydrogen-bond acceptors (Lipinski definition) is 9. The van der Waals surface area contributed by atoms with Crippen LogP contribution in [0.3, 0.4) is 0 Å². The fourth-order valence-corrected chi connectivity index (χ4v) is 4.87. The number of carbonyl (C=O) groups excluding carboxylic acids is 4. The number of nitrogen functional groups attached to an aromatic ring is 1. The van der Waals surface area contributed by atoms with Gasteiger partial charge in [-0.15, -0.1) is 0 Å². The number of rotatable bonds is 14. The molecule has 10 nitrogen and oxygen atoms in total. The van der Waals surface area contributed by atoms with Crippen molar-refractivity contribution in [2.24, 2.45) is 5.73 Å². The Hall–Kier alpha value is -4.90. The topological polar surface area (TPSA) is 158 Å². The molecule has 230 valence electrons. The molecule has 0 saturated heterocycles. The van der Waals surface area contributed by atoms with Gasteiger partial charge in [-0.25, -0.2) is 14.4 Å². The van der Waals surface area contributed by atoms with E-state index in [2.05, 4.69) is 5.32 Å². The maximum atomic E-state index is 13.0. The molecule has 4 N–H and O–H groups in total. The largest absolute Gasteiger partial charge is 0.464 e. The van der Waals surface area contributed by atoms with Gasteiger partial charge in [-0.2, -0.15) is 11.8 Å². The number of carbonyl (C=O) groups is 4. The van der Waals surface area contributed by atoms with Gasteiger partial charge >= 0.3 is 17.9 Å². The quantitative estimate of drug-likeness (QED) is 0.0763. The Morgan fingerprint density at radius 3 is 2.18 bits per heavy atom. The molecule has 3 rings (SSSR count). The first-order chi connectivity index (χ1) is 21.1. The van der Waals surface area contributed by atoms with Crippen LogP contribution < -0.4 is 15.8 Å². The van der Waals surface area contributed by atoms with Gasteiger partial charge in [0.25, 0.3) is 0 Å². The summed E-state index contributed by atoms with van der Waals surface area (Å²) in [5, 5.41) is 10.2. The van der Waals surface area contributed by atoms with Crippen molar-refractivity contribution in [3.63, 3.8) is 0 Å². The lowest BCUT2D eigenvalue weighted by Gasteiger charge is -2.17. The molecule has 0 aromatic heterocycles. The summed E-state index contributed by atoms with van der Waals surface area (Å²) < 4.78 is 15.6. The van der Waals surface area contributed by atoms with E-state index >= 15 is 0 Å². The highest BCUT2D eigenvalue weighted by Gasteiger charge is 2.23. The van der Waals surface area contributed by atoms with E-state index in [1.54, 1.807) is 93.6 Å². The van der Waals surface area contributed by atoms with Crippen LogP contribution in [-0.4, -0.2) is 54.7 Å². The van der Waals surface area contributed by atoms with Crippen LogP contribution in [0.4, 0.5) is 0 Å². The highest BCUT2D eigenvalue weighted by atomic mass is 32.2. The Morgan fingerprint density at radius 1 is 0.886 bits per heavy atom. The van der Waals surface area contributed by atoms with E-state index < -0.39 is 29.9 Å². The molecule has 0 saturated carbocycles. The van der Waals surface area contributed by atoms with Gasteiger partial charge in [0.1, 0.15) is 17.6 Å². The van der Waals surface area contributed by atoms with Crippen LogP contribution in [0.5, 0.6) is 5.75 Å². The number of amides is 1. The molecule has 44 heavy (non-hydrogen) atoms. The first-order valence-corrected chi connectivity index (χ1v) is 15.0. The van der Waals surface area contributed by atoms with Crippen molar-refractivity contribution in [2.75, 3.05) is 19.0 Å². The Balaban J connectivity index is 1.59. The first kappa shape index (κ1) is 33.6. The molecule has 0 heterocycles. The third-order valence-corrected chi connectivity index (χ3v) is 7.24. The van der Waals surface area contributed by atoms with E-state index in [1.165, 1.54) is 11.8 Å². The number of amidine groups is 1. The van der Waals surface area contributed by atoms with Gasteiger partial charge in [-0.1, -0.05) is 24.3 Å². The molecular weight excluding hydrogens is 582 g/mol. The Labute approximate surface area is 260 Å². The standard InChI is InChI=1S/C33H35N3O7S/c1-4-41-31(38)26-8-6-7-23(18-26)19-44-20-28(33(40)42-5-2)36-30(37)21(3)17-22-9-11-25(12-10-22)32(39)43-27-15-13-24(14-16-27)29(34)35/h6-18,28H,4-5,19-20H2,1-3H3,(H3,34,35)(H,36,37)/b21-17+/t28-/m1/s1. The minimum atomic E-state index is -0.884. The molecule has 0 fully saturated rings. The first-order valence-electron chi connectivity index (χ1n) is 13.9. The van der Waals surface area contributed by atoms with Crippen LogP contribution in [0.25, 0.3) is 6.08 Å². The van der Waals surface area contributed by atoms with E-state index in [0.717, 1.165) is 5.56 Å². The van der Waals surface area contributed by atoms with Crippen LogP contribution >= 0.6 is 11.8 Å². The molecule has 3 aromatic rings. The predicted octanol–water partition coefficient (Wildman–Crippen LogP) is 4.75. The zero-order valence-electron chi connectivity index (χ0n) is 24.8. The molecule has 1 atom stereocenters.